The Labute approximate surface area is 102 Å². The van der Waals surface area contributed by atoms with Crippen molar-refractivity contribution in [3.8, 4) is 0 Å². The van der Waals surface area contributed by atoms with Crippen LogP contribution in [0.25, 0.3) is 0 Å². The second-order valence-corrected chi connectivity index (χ2v) is 7.60. The predicted molar refractivity (Wildman–Crippen MR) is 65.1 cm³/mol. The van der Waals surface area contributed by atoms with Crippen LogP contribution in [-0.2, 0) is 14.6 Å². The average Bonchev–Trinajstić information content (AvgIpc) is 2.98. The van der Waals surface area contributed by atoms with Gasteiger partial charge in [0.15, 0.2) is 0 Å². The van der Waals surface area contributed by atoms with Gasteiger partial charge in [-0.05, 0) is 24.7 Å². The van der Waals surface area contributed by atoms with Crippen LogP contribution >= 0.6 is 0 Å². The third-order valence-corrected chi connectivity index (χ3v) is 4.62. The Balaban J connectivity index is 1.84. The number of amides is 1. The first kappa shape index (κ1) is 12.8. The van der Waals surface area contributed by atoms with Gasteiger partial charge in [-0.25, -0.2) is 8.42 Å². The molecule has 1 saturated carbocycles. The molecule has 1 saturated heterocycles. The Morgan fingerprint density at radius 2 is 2.00 bits per heavy atom. The zero-order valence-corrected chi connectivity index (χ0v) is 10.9. The first-order valence-corrected chi connectivity index (χ1v) is 8.14. The molecule has 1 heterocycles. The number of likely N-dealkylation sites (tertiary alicyclic amines) is 1. The highest BCUT2D eigenvalue weighted by molar-refractivity contribution is 7.90. The van der Waals surface area contributed by atoms with Gasteiger partial charge in [0.05, 0.1) is 5.75 Å². The van der Waals surface area contributed by atoms with E-state index >= 15 is 0 Å². The molecule has 0 aromatic carbocycles. The lowest BCUT2D eigenvalue weighted by atomic mass is 9.99. The number of rotatable bonds is 4. The van der Waals surface area contributed by atoms with Crippen LogP contribution < -0.4 is 5.73 Å². The van der Waals surface area contributed by atoms with Crippen molar-refractivity contribution in [2.45, 2.75) is 25.3 Å². The predicted octanol–water partition coefficient (Wildman–Crippen LogP) is -0.383. The summed E-state index contributed by atoms with van der Waals surface area (Å²) in [7, 11) is -3.06. The normalized spacial score (nSPS) is 29.6. The molecule has 1 amide bonds. The van der Waals surface area contributed by atoms with Crippen molar-refractivity contribution in [2.75, 3.05) is 25.1 Å². The topological polar surface area (TPSA) is 80.5 Å². The molecule has 0 bridgehead atoms. The van der Waals surface area contributed by atoms with Crippen LogP contribution in [0.5, 0.6) is 0 Å². The third-order valence-electron chi connectivity index (χ3n) is 3.68. The van der Waals surface area contributed by atoms with E-state index in [0.29, 0.717) is 24.9 Å². The smallest absolute Gasteiger partial charge is 0.223 e. The summed E-state index contributed by atoms with van der Waals surface area (Å²) in [6.07, 6.45) is 3.69. The van der Waals surface area contributed by atoms with Crippen LogP contribution in [0.1, 0.15) is 19.3 Å². The number of sulfone groups is 1. The van der Waals surface area contributed by atoms with Crippen molar-refractivity contribution in [1.29, 1.82) is 0 Å². The fraction of sp³-hybridized carbons (Fsp3) is 0.909. The number of nitrogens with two attached hydrogens (primary N) is 1. The number of carbonyl (C=O) groups is 1. The van der Waals surface area contributed by atoms with Crippen molar-refractivity contribution < 1.29 is 13.2 Å². The molecule has 0 spiro atoms. The number of carbonyl (C=O) groups excluding carboxylic acids is 1. The average molecular weight is 260 g/mol. The summed E-state index contributed by atoms with van der Waals surface area (Å²) in [6.45, 7) is 1.30. The molecule has 2 aliphatic rings. The highest BCUT2D eigenvalue weighted by atomic mass is 32.2. The highest BCUT2D eigenvalue weighted by Gasteiger charge is 2.41. The molecule has 2 atom stereocenters. The summed E-state index contributed by atoms with van der Waals surface area (Å²) in [5, 5.41) is 0. The van der Waals surface area contributed by atoms with E-state index in [0.717, 1.165) is 6.26 Å². The minimum absolute atomic E-state index is 0.0638. The second kappa shape index (κ2) is 4.57. The van der Waals surface area contributed by atoms with Crippen molar-refractivity contribution in [3.63, 3.8) is 0 Å². The Kier molecular flexibility index (Phi) is 3.45. The molecule has 2 N–H and O–H groups in total. The lowest BCUT2D eigenvalue weighted by molar-refractivity contribution is -0.129. The van der Waals surface area contributed by atoms with Crippen LogP contribution in [0.15, 0.2) is 0 Å². The molecular formula is C11H20N2O3S. The van der Waals surface area contributed by atoms with Gasteiger partial charge in [0.25, 0.3) is 0 Å². The number of hydrogen-bond acceptors (Lipinski definition) is 4. The standard InChI is InChI=1S/C11H20N2O3S/c1-17(15,16)5-4-11(14)13-6-9(8-2-3-8)10(12)7-13/h8-10H,2-7,12H2,1H3/t9-,10+/m0/s1. The van der Waals surface area contributed by atoms with Gasteiger partial charge in [-0.3, -0.25) is 4.79 Å². The SMILES string of the molecule is CS(=O)(=O)CCC(=O)N1C[C@@H](N)[C@H](C2CC2)C1. The van der Waals surface area contributed by atoms with Crippen molar-refractivity contribution in [2.24, 2.45) is 17.6 Å². The summed E-state index contributed by atoms with van der Waals surface area (Å²) >= 11 is 0. The molecule has 0 radical (unpaired) electrons. The fourth-order valence-electron chi connectivity index (χ4n) is 2.51. The molecule has 0 unspecified atom stereocenters. The minimum Gasteiger partial charge on any atom is -0.341 e. The van der Waals surface area contributed by atoms with Gasteiger partial charge in [-0.1, -0.05) is 0 Å². The summed E-state index contributed by atoms with van der Waals surface area (Å²) in [6, 6.07) is 0.0738. The lowest BCUT2D eigenvalue weighted by Gasteiger charge is -2.15. The fourth-order valence-corrected chi connectivity index (χ4v) is 3.06. The number of hydrogen-bond donors (Lipinski definition) is 1. The quantitative estimate of drug-likeness (QED) is 0.747. The minimum atomic E-state index is -3.06. The molecule has 1 aliphatic carbocycles. The monoisotopic (exact) mass is 260 g/mol. The Bertz CT molecular complexity index is 403. The molecule has 2 rings (SSSR count). The Hall–Kier alpha value is -0.620. The van der Waals surface area contributed by atoms with Gasteiger partial charge in [0.1, 0.15) is 9.84 Å². The zero-order valence-electron chi connectivity index (χ0n) is 10.1. The highest BCUT2D eigenvalue weighted by Crippen LogP contribution is 2.40. The van der Waals surface area contributed by atoms with E-state index in [4.69, 9.17) is 5.73 Å². The first-order valence-electron chi connectivity index (χ1n) is 6.08. The van der Waals surface area contributed by atoms with E-state index in [1.54, 1.807) is 4.90 Å². The van der Waals surface area contributed by atoms with E-state index in [1.165, 1.54) is 12.8 Å². The second-order valence-electron chi connectivity index (χ2n) is 5.34. The van der Waals surface area contributed by atoms with Gasteiger partial charge >= 0.3 is 0 Å². The maximum atomic E-state index is 11.8. The van der Waals surface area contributed by atoms with Crippen molar-refractivity contribution in [3.05, 3.63) is 0 Å². The van der Waals surface area contributed by atoms with Crippen LogP contribution in [0.4, 0.5) is 0 Å². The molecule has 98 valence electrons. The van der Waals surface area contributed by atoms with E-state index in [9.17, 15) is 13.2 Å². The first-order chi connectivity index (χ1) is 7.87. The van der Waals surface area contributed by atoms with Crippen molar-refractivity contribution in [1.82, 2.24) is 4.90 Å². The van der Waals surface area contributed by atoms with Crippen LogP contribution in [0.2, 0.25) is 0 Å². The van der Waals surface area contributed by atoms with Crippen LogP contribution in [-0.4, -0.2) is 50.4 Å². The van der Waals surface area contributed by atoms with Crippen LogP contribution in [0.3, 0.4) is 0 Å². The Morgan fingerprint density at radius 3 is 2.53 bits per heavy atom. The summed E-state index contributed by atoms with van der Waals surface area (Å²) in [5.74, 6) is 0.981. The van der Waals surface area contributed by atoms with Gasteiger partial charge < -0.3 is 10.6 Å². The molecule has 0 aromatic heterocycles. The van der Waals surface area contributed by atoms with E-state index in [1.807, 2.05) is 0 Å². The molecule has 6 heteroatoms. The summed E-state index contributed by atoms with van der Waals surface area (Å²) in [5.41, 5.74) is 6.02. The van der Waals surface area contributed by atoms with Gasteiger partial charge in [-0.2, -0.15) is 0 Å². The van der Waals surface area contributed by atoms with Crippen molar-refractivity contribution >= 4 is 15.7 Å². The molecular weight excluding hydrogens is 240 g/mol. The molecule has 2 fully saturated rings. The maximum Gasteiger partial charge on any atom is 0.223 e. The number of nitrogens with zero attached hydrogens (tertiary/aromatic N) is 1. The molecule has 5 nitrogen and oxygen atoms in total. The molecule has 0 aromatic rings. The Morgan fingerprint density at radius 1 is 1.35 bits per heavy atom. The third kappa shape index (κ3) is 3.42. The van der Waals surface area contributed by atoms with E-state index < -0.39 is 9.84 Å². The van der Waals surface area contributed by atoms with Crippen LogP contribution in [0, 0.1) is 11.8 Å². The van der Waals surface area contributed by atoms with E-state index in [-0.39, 0.29) is 24.1 Å². The van der Waals surface area contributed by atoms with Gasteiger partial charge in [0.2, 0.25) is 5.91 Å². The summed E-state index contributed by atoms with van der Waals surface area (Å²) < 4.78 is 22.0. The van der Waals surface area contributed by atoms with Gasteiger partial charge in [0, 0.05) is 31.8 Å². The summed E-state index contributed by atoms with van der Waals surface area (Å²) in [4.78, 5) is 13.6. The maximum absolute atomic E-state index is 11.8. The zero-order chi connectivity index (χ0) is 12.6. The molecule has 1 aliphatic heterocycles. The van der Waals surface area contributed by atoms with Gasteiger partial charge in [-0.15, -0.1) is 0 Å². The lowest BCUT2D eigenvalue weighted by Crippen LogP contribution is -2.33. The van der Waals surface area contributed by atoms with E-state index in [2.05, 4.69) is 0 Å². The molecule has 17 heavy (non-hydrogen) atoms. The largest absolute Gasteiger partial charge is 0.341 e.